The van der Waals surface area contributed by atoms with Gasteiger partial charge in [0.25, 0.3) is 5.91 Å². The summed E-state index contributed by atoms with van der Waals surface area (Å²) in [4.78, 5) is 12.1. The number of rotatable bonds is 3. The van der Waals surface area contributed by atoms with E-state index in [1.165, 1.54) is 13.2 Å². The molecule has 0 saturated carbocycles. The summed E-state index contributed by atoms with van der Waals surface area (Å²) < 4.78 is 4.96. The number of nitrogen functional groups attached to an aromatic ring is 1. The van der Waals surface area contributed by atoms with E-state index in [-0.39, 0.29) is 17.1 Å². The lowest BCUT2D eigenvalue weighted by molar-refractivity contribution is 0.102. The minimum atomic E-state index is -0.450. The molecule has 0 heterocycles. The maximum atomic E-state index is 12.1. The van der Waals surface area contributed by atoms with Crippen LogP contribution in [0.25, 0.3) is 0 Å². The maximum absolute atomic E-state index is 12.1. The third-order valence-electron chi connectivity index (χ3n) is 2.67. The van der Waals surface area contributed by atoms with Crippen molar-refractivity contribution in [2.75, 3.05) is 18.2 Å². The average molecular weight is 258 g/mol. The third kappa shape index (κ3) is 2.60. The molecule has 2 aromatic carbocycles. The highest BCUT2D eigenvalue weighted by atomic mass is 16.5. The number of benzene rings is 2. The molecule has 0 atom stereocenters. The molecule has 5 heteroatoms. The number of nitrogens with one attached hydrogen (secondary N) is 1. The molecule has 98 valence electrons. The van der Waals surface area contributed by atoms with Crippen LogP contribution in [0.2, 0.25) is 0 Å². The van der Waals surface area contributed by atoms with Crippen molar-refractivity contribution in [1.29, 1.82) is 0 Å². The molecule has 0 fully saturated rings. The zero-order valence-electron chi connectivity index (χ0n) is 10.4. The van der Waals surface area contributed by atoms with Crippen molar-refractivity contribution >= 4 is 17.3 Å². The highest BCUT2D eigenvalue weighted by molar-refractivity contribution is 6.07. The van der Waals surface area contributed by atoms with Gasteiger partial charge in [0.05, 0.1) is 24.0 Å². The standard InChI is InChI=1S/C14H14N2O3/c1-19-12-8-4-5-9(13(12)17)14(18)16-11-7-3-2-6-10(11)15/h2-8,17H,15H2,1H3,(H,16,18). The summed E-state index contributed by atoms with van der Waals surface area (Å²) in [5.74, 6) is -0.403. The van der Waals surface area contributed by atoms with E-state index in [4.69, 9.17) is 10.5 Å². The van der Waals surface area contributed by atoms with Gasteiger partial charge in [-0.2, -0.15) is 0 Å². The summed E-state index contributed by atoms with van der Waals surface area (Å²) in [6, 6.07) is 11.6. The van der Waals surface area contributed by atoms with Crippen molar-refractivity contribution < 1.29 is 14.6 Å². The Morgan fingerprint density at radius 2 is 1.95 bits per heavy atom. The number of carbonyl (C=O) groups is 1. The number of aromatic hydroxyl groups is 1. The zero-order chi connectivity index (χ0) is 13.8. The second kappa shape index (κ2) is 5.30. The lowest BCUT2D eigenvalue weighted by atomic mass is 10.1. The first-order valence-corrected chi connectivity index (χ1v) is 5.65. The number of methoxy groups -OCH3 is 1. The smallest absolute Gasteiger partial charge is 0.259 e. The molecule has 0 aliphatic heterocycles. The zero-order valence-corrected chi connectivity index (χ0v) is 10.4. The second-order valence-corrected chi connectivity index (χ2v) is 3.90. The van der Waals surface area contributed by atoms with Crippen LogP contribution in [0, 0.1) is 0 Å². The van der Waals surface area contributed by atoms with Crippen LogP contribution in [0.1, 0.15) is 10.4 Å². The molecule has 2 aromatic rings. The summed E-state index contributed by atoms with van der Waals surface area (Å²) in [7, 11) is 1.42. The molecule has 19 heavy (non-hydrogen) atoms. The Hall–Kier alpha value is -2.69. The van der Waals surface area contributed by atoms with Crippen LogP contribution in [-0.2, 0) is 0 Å². The molecule has 0 aromatic heterocycles. The number of ether oxygens (including phenoxy) is 1. The number of anilines is 2. The quantitative estimate of drug-likeness (QED) is 0.737. The fraction of sp³-hybridized carbons (Fsp3) is 0.0714. The number of nitrogens with two attached hydrogens (primary N) is 1. The van der Waals surface area contributed by atoms with Crippen LogP contribution in [0.15, 0.2) is 42.5 Å². The van der Waals surface area contributed by atoms with Crippen LogP contribution >= 0.6 is 0 Å². The van der Waals surface area contributed by atoms with Crippen LogP contribution in [-0.4, -0.2) is 18.1 Å². The van der Waals surface area contributed by atoms with Crippen molar-refractivity contribution in [3.8, 4) is 11.5 Å². The van der Waals surface area contributed by atoms with Crippen LogP contribution in [0.5, 0.6) is 11.5 Å². The molecule has 0 spiro atoms. The number of carbonyl (C=O) groups excluding carboxylic acids is 1. The summed E-state index contributed by atoms with van der Waals surface area (Å²) in [6.45, 7) is 0. The Labute approximate surface area is 110 Å². The van der Waals surface area contributed by atoms with E-state index < -0.39 is 5.91 Å². The number of hydrogen-bond donors (Lipinski definition) is 3. The van der Waals surface area contributed by atoms with Gasteiger partial charge in [0.1, 0.15) is 0 Å². The van der Waals surface area contributed by atoms with Gasteiger partial charge in [-0.05, 0) is 24.3 Å². The van der Waals surface area contributed by atoms with E-state index in [1.807, 2.05) is 0 Å². The second-order valence-electron chi connectivity index (χ2n) is 3.90. The molecule has 5 nitrogen and oxygen atoms in total. The Bertz CT molecular complexity index is 611. The van der Waals surface area contributed by atoms with Gasteiger partial charge in [-0.3, -0.25) is 4.79 Å². The van der Waals surface area contributed by atoms with Gasteiger partial charge < -0.3 is 20.9 Å². The number of phenols is 1. The van der Waals surface area contributed by atoms with E-state index in [0.29, 0.717) is 11.4 Å². The van der Waals surface area contributed by atoms with Crippen LogP contribution in [0.4, 0.5) is 11.4 Å². The fourth-order valence-electron chi connectivity index (χ4n) is 1.67. The van der Waals surface area contributed by atoms with Gasteiger partial charge in [0.15, 0.2) is 11.5 Å². The van der Waals surface area contributed by atoms with Crippen molar-refractivity contribution in [1.82, 2.24) is 0 Å². The van der Waals surface area contributed by atoms with Crippen molar-refractivity contribution in [2.45, 2.75) is 0 Å². The predicted molar refractivity (Wildman–Crippen MR) is 73.5 cm³/mol. The number of hydrogen-bond acceptors (Lipinski definition) is 4. The number of para-hydroxylation sites is 3. The molecule has 1 amide bonds. The first-order chi connectivity index (χ1) is 9.13. The molecule has 0 aliphatic rings. The van der Waals surface area contributed by atoms with Gasteiger partial charge >= 0.3 is 0 Å². The van der Waals surface area contributed by atoms with Gasteiger partial charge in [0, 0.05) is 0 Å². The lowest BCUT2D eigenvalue weighted by Crippen LogP contribution is -2.13. The molecule has 4 N–H and O–H groups in total. The van der Waals surface area contributed by atoms with E-state index in [2.05, 4.69) is 5.32 Å². The molecule has 2 rings (SSSR count). The molecular formula is C14H14N2O3. The minimum absolute atomic E-state index is 0.127. The van der Waals surface area contributed by atoms with E-state index in [0.717, 1.165) is 0 Å². The van der Waals surface area contributed by atoms with Crippen molar-refractivity contribution in [3.63, 3.8) is 0 Å². The summed E-state index contributed by atoms with van der Waals surface area (Å²) in [5.41, 5.74) is 6.82. The van der Waals surface area contributed by atoms with E-state index in [1.54, 1.807) is 36.4 Å². The largest absolute Gasteiger partial charge is 0.504 e. The topological polar surface area (TPSA) is 84.6 Å². The first-order valence-electron chi connectivity index (χ1n) is 5.65. The Morgan fingerprint density at radius 3 is 2.63 bits per heavy atom. The van der Waals surface area contributed by atoms with Gasteiger partial charge in [0.2, 0.25) is 0 Å². The molecule has 0 unspecified atom stereocenters. The Balaban J connectivity index is 2.28. The van der Waals surface area contributed by atoms with Crippen molar-refractivity contribution in [3.05, 3.63) is 48.0 Å². The average Bonchev–Trinajstić information content (AvgIpc) is 2.41. The Morgan fingerprint density at radius 1 is 1.21 bits per heavy atom. The van der Waals surface area contributed by atoms with Gasteiger partial charge in [-0.15, -0.1) is 0 Å². The summed E-state index contributed by atoms with van der Waals surface area (Å²) >= 11 is 0. The first kappa shape index (κ1) is 12.8. The SMILES string of the molecule is COc1cccc(C(=O)Nc2ccccc2N)c1O. The molecule has 0 aliphatic carbocycles. The van der Waals surface area contributed by atoms with Gasteiger partial charge in [-0.25, -0.2) is 0 Å². The molecular weight excluding hydrogens is 244 g/mol. The maximum Gasteiger partial charge on any atom is 0.259 e. The summed E-state index contributed by atoms with van der Waals surface area (Å²) in [6.07, 6.45) is 0. The van der Waals surface area contributed by atoms with Gasteiger partial charge in [-0.1, -0.05) is 18.2 Å². The van der Waals surface area contributed by atoms with Crippen LogP contribution < -0.4 is 15.8 Å². The molecule has 0 radical (unpaired) electrons. The third-order valence-corrected chi connectivity index (χ3v) is 2.67. The number of amides is 1. The summed E-state index contributed by atoms with van der Waals surface area (Å²) in [5, 5.41) is 12.5. The van der Waals surface area contributed by atoms with E-state index in [9.17, 15) is 9.90 Å². The van der Waals surface area contributed by atoms with Crippen LogP contribution in [0.3, 0.4) is 0 Å². The predicted octanol–water partition coefficient (Wildman–Crippen LogP) is 2.24. The monoisotopic (exact) mass is 258 g/mol. The normalized spacial score (nSPS) is 9.95. The minimum Gasteiger partial charge on any atom is -0.504 e. The van der Waals surface area contributed by atoms with Crippen molar-refractivity contribution in [2.24, 2.45) is 0 Å². The molecule has 0 saturated heterocycles. The Kier molecular flexibility index (Phi) is 3.56. The number of phenolic OH excluding ortho intramolecular Hbond substituents is 1. The highest BCUT2D eigenvalue weighted by Crippen LogP contribution is 2.30. The molecule has 0 bridgehead atoms. The lowest BCUT2D eigenvalue weighted by Gasteiger charge is -2.10. The van der Waals surface area contributed by atoms with E-state index >= 15 is 0 Å². The highest BCUT2D eigenvalue weighted by Gasteiger charge is 2.15. The fourth-order valence-corrected chi connectivity index (χ4v) is 1.67.